The number of nitrogens with one attached hydrogen (secondary N) is 2. The fraction of sp³-hybridized carbons (Fsp3) is 0.158. The van der Waals surface area contributed by atoms with E-state index in [1.807, 2.05) is 0 Å². The molecule has 0 aliphatic heterocycles. The summed E-state index contributed by atoms with van der Waals surface area (Å²) in [6, 6.07) is 10.3. The van der Waals surface area contributed by atoms with E-state index in [1.165, 1.54) is 27.4 Å². The van der Waals surface area contributed by atoms with Crippen LogP contribution in [0.25, 0.3) is 6.08 Å². The van der Waals surface area contributed by atoms with Gasteiger partial charge in [-0.05, 0) is 51.8 Å². The minimum atomic E-state index is -0.496. The number of benzene rings is 2. The lowest BCUT2D eigenvalue weighted by Gasteiger charge is -2.12. The molecule has 27 heavy (non-hydrogen) atoms. The van der Waals surface area contributed by atoms with Crippen molar-refractivity contribution in [3.63, 3.8) is 0 Å². The van der Waals surface area contributed by atoms with Crippen LogP contribution in [-0.2, 0) is 4.79 Å². The Hall–Kier alpha value is -3.00. The predicted molar refractivity (Wildman–Crippen MR) is 105 cm³/mol. The van der Waals surface area contributed by atoms with Crippen LogP contribution in [0.3, 0.4) is 0 Å². The van der Waals surface area contributed by atoms with E-state index >= 15 is 0 Å². The summed E-state index contributed by atoms with van der Waals surface area (Å²) < 4.78 is 16.4. The first-order valence-corrected chi connectivity index (χ1v) is 8.62. The van der Waals surface area contributed by atoms with Gasteiger partial charge in [-0.1, -0.05) is 12.1 Å². The van der Waals surface area contributed by atoms with Crippen LogP contribution in [0.5, 0.6) is 17.2 Å². The normalized spacial score (nSPS) is 10.4. The molecule has 142 valence electrons. The molecule has 0 bridgehead atoms. The quantitative estimate of drug-likeness (QED) is 0.539. The summed E-state index contributed by atoms with van der Waals surface area (Å²) in [6.45, 7) is 0. The van der Waals surface area contributed by atoms with Crippen LogP contribution < -0.4 is 25.1 Å². The number of hydrazine groups is 1. The summed E-state index contributed by atoms with van der Waals surface area (Å²) in [5.74, 6) is 0.474. The first-order chi connectivity index (χ1) is 13.0. The topological polar surface area (TPSA) is 85.9 Å². The van der Waals surface area contributed by atoms with E-state index in [0.29, 0.717) is 32.8 Å². The Bertz CT molecular complexity index is 842. The van der Waals surface area contributed by atoms with E-state index < -0.39 is 11.8 Å². The summed E-state index contributed by atoms with van der Waals surface area (Å²) in [7, 11) is 4.53. The number of carbonyl (C=O) groups excluding carboxylic acids is 2. The first kappa shape index (κ1) is 20.3. The predicted octanol–water partition coefficient (Wildman–Crippen LogP) is 2.95. The van der Waals surface area contributed by atoms with E-state index in [2.05, 4.69) is 26.8 Å². The molecule has 2 aromatic carbocycles. The van der Waals surface area contributed by atoms with Crippen LogP contribution in [0.4, 0.5) is 0 Å². The number of hydrogen-bond acceptors (Lipinski definition) is 5. The van der Waals surface area contributed by atoms with Gasteiger partial charge >= 0.3 is 0 Å². The van der Waals surface area contributed by atoms with Crippen molar-refractivity contribution in [3.05, 3.63) is 58.1 Å². The van der Waals surface area contributed by atoms with Crippen LogP contribution in [-0.4, -0.2) is 33.1 Å². The second-order valence-electron chi connectivity index (χ2n) is 5.22. The average molecular weight is 435 g/mol. The molecular weight excluding hydrogens is 416 g/mol. The highest BCUT2D eigenvalue weighted by molar-refractivity contribution is 9.10. The molecule has 2 aromatic rings. The highest BCUT2D eigenvalue weighted by Gasteiger charge is 2.12. The molecule has 0 aliphatic carbocycles. The number of methoxy groups -OCH3 is 3. The minimum absolute atomic E-state index is 0.409. The van der Waals surface area contributed by atoms with E-state index in [-0.39, 0.29) is 0 Å². The Kier molecular flexibility index (Phi) is 7.25. The van der Waals surface area contributed by atoms with Gasteiger partial charge in [0.1, 0.15) is 0 Å². The molecular formula is C19H19BrN2O5. The third-order valence-corrected chi connectivity index (χ3v) is 4.22. The van der Waals surface area contributed by atoms with Crippen molar-refractivity contribution in [2.24, 2.45) is 0 Å². The Morgan fingerprint density at radius 1 is 0.963 bits per heavy atom. The van der Waals surface area contributed by atoms with E-state index in [0.717, 1.165) is 0 Å². The number of ether oxygens (including phenoxy) is 3. The van der Waals surface area contributed by atoms with Gasteiger partial charge in [0.15, 0.2) is 11.5 Å². The van der Waals surface area contributed by atoms with Gasteiger partial charge in [0.25, 0.3) is 11.8 Å². The van der Waals surface area contributed by atoms with Crippen molar-refractivity contribution in [2.75, 3.05) is 21.3 Å². The fourth-order valence-corrected chi connectivity index (χ4v) is 2.71. The molecule has 7 nitrogen and oxygen atoms in total. The summed E-state index contributed by atoms with van der Waals surface area (Å²) in [4.78, 5) is 24.0. The Morgan fingerprint density at radius 3 is 2.15 bits per heavy atom. The molecule has 0 atom stereocenters. The number of amides is 2. The van der Waals surface area contributed by atoms with Gasteiger partial charge in [0.05, 0.1) is 26.9 Å². The zero-order valence-corrected chi connectivity index (χ0v) is 16.6. The van der Waals surface area contributed by atoms with Gasteiger partial charge in [-0.15, -0.1) is 0 Å². The van der Waals surface area contributed by atoms with Crippen molar-refractivity contribution in [1.82, 2.24) is 10.9 Å². The molecule has 0 saturated heterocycles. The van der Waals surface area contributed by atoms with Gasteiger partial charge in [-0.3, -0.25) is 20.4 Å². The van der Waals surface area contributed by atoms with Crippen LogP contribution in [0, 0.1) is 0 Å². The number of hydrogen-bond donors (Lipinski definition) is 2. The smallest absolute Gasteiger partial charge is 0.270 e. The summed E-state index contributed by atoms with van der Waals surface area (Å²) in [6.07, 6.45) is 2.84. The zero-order chi connectivity index (χ0) is 19.8. The molecule has 8 heteroatoms. The fourth-order valence-electron chi connectivity index (χ4n) is 2.24. The largest absolute Gasteiger partial charge is 0.493 e. The number of rotatable bonds is 6. The van der Waals surface area contributed by atoms with Crippen LogP contribution >= 0.6 is 15.9 Å². The third kappa shape index (κ3) is 5.24. The molecule has 2 N–H and O–H groups in total. The summed E-state index contributed by atoms with van der Waals surface area (Å²) in [5, 5.41) is 0. The summed E-state index contributed by atoms with van der Waals surface area (Å²) >= 11 is 3.28. The van der Waals surface area contributed by atoms with E-state index in [9.17, 15) is 9.59 Å². The lowest BCUT2D eigenvalue weighted by molar-refractivity contribution is -0.117. The molecule has 2 amide bonds. The maximum Gasteiger partial charge on any atom is 0.270 e. The molecule has 0 aromatic heterocycles. The van der Waals surface area contributed by atoms with E-state index in [1.54, 1.807) is 42.5 Å². The maximum atomic E-state index is 12.1. The van der Waals surface area contributed by atoms with Crippen molar-refractivity contribution in [2.45, 2.75) is 0 Å². The van der Waals surface area contributed by atoms with Crippen molar-refractivity contribution >= 4 is 33.8 Å². The number of halogens is 1. The zero-order valence-electron chi connectivity index (χ0n) is 15.0. The van der Waals surface area contributed by atoms with Crippen LogP contribution in [0.15, 0.2) is 46.9 Å². The molecule has 0 saturated carbocycles. The first-order valence-electron chi connectivity index (χ1n) is 7.83. The monoisotopic (exact) mass is 434 g/mol. The lowest BCUT2D eigenvalue weighted by Crippen LogP contribution is -2.40. The molecule has 0 heterocycles. The van der Waals surface area contributed by atoms with E-state index in [4.69, 9.17) is 14.2 Å². The van der Waals surface area contributed by atoms with Gasteiger partial charge in [0, 0.05) is 10.5 Å². The minimum Gasteiger partial charge on any atom is -0.493 e. The lowest BCUT2D eigenvalue weighted by atomic mass is 10.1. The third-order valence-electron chi connectivity index (χ3n) is 3.53. The Labute approximate surface area is 165 Å². The SMILES string of the molecule is COc1cc(/C=C/C(=O)NNC(=O)c2ccccc2Br)cc(OC)c1OC. The highest BCUT2D eigenvalue weighted by atomic mass is 79.9. The van der Waals surface area contributed by atoms with Crippen LogP contribution in [0.1, 0.15) is 15.9 Å². The molecule has 2 rings (SSSR count). The molecule has 0 unspecified atom stereocenters. The van der Waals surface area contributed by atoms with Crippen molar-refractivity contribution < 1.29 is 23.8 Å². The van der Waals surface area contributed by atoms with Crippen molar-refractivity contribution in [3.8, 4) is 17.2 Å². The standard InChI is InChI=1S/C19H19BrN2O5/c1-25-15-10-12(11-16(26-2)18(15)27-3)8-9-17(23)21-22-19(24)13-6-4-5-7-14(13)20/h4-11H,1-3H3,(H,21,23)(H,22,24)/b9-8+. The van der Waals surface area contributed by atoms with Crippen molar-refractivity contribution in [1.29, 1.82) is 0 Å². The molecule has 0 aliphatic rings. The molecule has 0 fully saturated rings. The highest BCUT2D eigenvalue weighted by Crippen LogP contribution is 2.38. The number of carbonyl (C=O) groups is 2. The average Bonchev–Trinajstić information content (AvgIpc) is 2.69. The van der Waals surface area contributed by atoms with Gasteiger partial charge < -0.3 is 14.2 Å². The van der Waals surface area contributed by atoms with Gasteiger partial charge in [-0.25, -0.2) is 0 Å². The van der Waals surface area contributed by atoms with Crippen LogP contribution in [0.2, 0.25) is 0 Å². The maximum absolute atomic E-state index is 12.1. The summed E-state index contributed by atoms with van der Waals surface area (Å²) in [5.41, 5.74) is 5.75. The van der Waals surface area contributed by atoms with Gasteiger partial charge in [-0.2, -0.15) is 0 Å². The second-order valence-corrected chi connectivity index (χ2v) is 6.07. The molecule has 0 radical (unpaired) electrons. The Morgan fingerprint density at radius 2 is 1.59 bits per heavy atom. The second kappa shape index (κ2) is 9.63. The van der Waals surface area contributed by atoms with Gasteiger partial charge in [0.2, 0.25) is 5.75 Å². The Balaban J connectivity index is 2.04. The molecule has 0 spiro atoms.